The van der Waals surface area contributed by atoms with Crippen molar-refractivity contribution >= 4 is 17.4 Å². The summed E-state index contributed by atoms with van der Waals surface area (Å²) in [6, 6.07) is 20.0. The Morgan fingerprint density at radius 3 is 2.47 bits per heavy atom. The van der Waals surface area contributed by atoms with E-state index in [1.165, 1.54) is 4.90 Å². The predicted molar refractivity (Wildman–Crippen MR) is 146 cm³/mol. The quantitative estimate of drug-likeness (QED) is 0.261. The molecule has 6 heteroatoms. The predicted octanol–water partition coefficient (Wildman–Crippen LogP) is 5.94. The van der Waals surface area contributed by atoms with Gasteiger partial charge in [-0.15, -0.1) is 0 Å². The van der Waals surface area contributed by atoms with Crippen LogP contribution in [0.5, 0.6) is 11.5 Å². The van der Waals surface area contributed by atoms with Crippen molar-refractivity contribution in [3.8, 4) is 11.5 Å². The first kappa shape index (κ1) is 25.6. The molecule has 5 rings (SSSR count). The molecule has 1 fully saturated rings. The van der Waals surface area contributed by atoms with Gasteiger partial charge in [0.1, 0.15) is 23.4 Å². The van der Waals surface area contributed by atoms with Gasteiger partial charge in [-0.3, -0.25) is 9.59 Å². The summed E-state index contributed by atoms with van der Waals surface area (Å²) in [6.07, 6.45) is 0.773. The van der Waals surface area contributed by atoms with Crippen LogP contribution in [0.1, 0.15) is 61.6 Å². The second kappa shape index (κ2) is 9.67. The number of rotatable bonds is 5. The Hall–Kier alpha value is -4.06. The Labute approximate surface area is 223 Å². The molecule has 3 aromatic rings. The van der Waals surface area contributed by atoms with Crippen LogP contribution in [-0.2, 0) is 28.0 Å². The summed E-state index contributed by atoms with van der Waals surface area (Å²) >= 11 is 0. The van der Waals surface area contributed by atoms with Crippen LogP contribution < -0.4 is 9.47 Å². The molecule has 2 unspecified atom stereocenters. The van der Waals surface area contributed by atoms with Crippen LogP contribution in [0.15, 0.2) is 72.3 Å². The standard InChI is InChI=1S/C32H33NO5/c1-19-15-23-17-22(11-14-26(23)38-19)29(34)27-28(21-9-12-24(13-10-21)32(2,3)4)33(31(36)30(27)35)18-20-7-6-8-25(16-20)37-5/h6-14,16-17,19,28,34H,15,18H2,1-5H3/b29-27-. The Bertz CT molecular complexity index is 1430. The van der Waals surface area contributed by atoms with Gasteiger partial charge in [-0.05, 0) is 64.9 Å². The molecule has 0 saturated carbocycles. The zero-order chi connectivity index (χ0) is 27.2. The van der Waals surface area contributed by atoms with E-state index in [-0.39, 0.29) is 29.4 Å². The number of methoxy groups -OCH3 is 1. The van der Waals surface area contributed by atoms with Crippen LogP contribution in [0.25, 0.3) is 5.76 Å². The van der Waals surface area contributed by atoms with E-state index in [1.807, 2.05) is 67.6 Å². The molecule has 1 amide bonds. The zero-order valence-corrected chi connectivity index (χ0v) is 22.4. The average Bonchev–Trinajstić information content (AvgIpc) is 3.39. The first-order valence-electron chi connectivity index (χ1n) is 12.9. The molecule has 2 atom stereocenters. The Morgan fingerprint density at radius 2 is 1.79 bits per heavy atom. The topological polar surface area (TPSA) is 76.1 Å². The van der Waals surface area contributed by atoms with E-state index in [0.717, 1.165) is 34.4 Å². The molecule has 0 aliphatic carbocycles. The van der Waals surface area contributed by atoms with Crippen molar-refractivity contribution in [1.29, 1.82) is 0 Å². The molecule has 0 spiro atoms. The summed E-state index contributed by atoms with van der Waals surface area (Å²) in [5, 5.41) is 11.5. The number of ether oxygens (including phenoxy) is 2. The van der Waals surface area contributed by atoms with Crippen LogP contribution in [0.3, 0.4) is 0 Å². The summed E-state index contributed by atoms with van der Waals surface area (Å²) in [5.41, 5.74) is 4.23. The molecular weight excluding hydrogens is 478 g/mol. The number of benzene rings is 3. The lowest BCUT2D eigenvalue weighted by atomic mass is 9.85. The molecule has 38 heavy (non-hydrogen) atoms. The molecule has 6 nitrogen and oxygen atoms in total. The lowest BCUT2D eigenvalue weighted by molar-refractivity contribution is -0.140. The first-order chi connectivity index (χ1) is 18.1. The lowest BCUT2D eigenvalue weighted by Gasteiger charge is -2.27. The number of Topliss-reactive ketones (excluding diaryl/α,β-unsaturated/α-hetero) is 1. The number of carbonyl (C=O) groups excluding carboxylic acids is 2. The van der Waals surface area contributed by atoms with Gasteiger partial charge in [0.25, 0.3) is 11.7 Å². The number of fused-ring (bicyclic) bond motifs is 1. The van der Waals surface area contributed by atoms with Gasteiger partial charge >= 0.3 is 0 Å². The van der Waals surface area contributed by atoms with Gasteiger partial charge in [-0.25, -0.2) is 0 Å². The Balaban J connectivity index is 1.62. The fourth-order valence-electron chi connectivity index (χ4n) is 5.25. The zero-order valence-electron chi connectivity index (χ0n) is 22.4. The monoisotopic (exact) mass is 511 g/mol. The number of amides is 1. The third-order valence-corrected chi connectivity index (χ3v) is 7.29. The van der Waals surface area contributed by atoms with Gasteiger partial charge in [0.2, 0.25) is 0 Å². The molecule has 2 aliphatic heterocycles. The second-order valence-electron chi connectivity index (χ2n) is 11.1. The Morgan fingerprint density at radius 1 is 1.05 bits per heavy atom. The SMILES string of the molecule is COc1cccc(CN2C(=O)C(=O)/C(=C(\O)c3ccc4c(c3)CC(C)O4)C2c2ccc(C(C)(C)C)cc2)c1. The fourth-order valence-corrected chi connectivity index (χ4v) is 5.25. The fraction of sp³-hybridized carbons (Fsp3) is 0.312. The van der Waals surface area contributed by atoms with Gasteiger partial charge in [-0.1, -0.05) is 57.2 Å². The molecule has 0 radical (unpaired) electrons. The Kier molecular flexibility index (Phi) is 6.51. The van der Waals surface area contributed by atoms with Crippen LogP contribution in [0.2, 0.25) is 0 Å². The van der Waals surface area contributed by atoms with E-state index >= 15 is 0 Å². The van der Waals surface area contributed by atoms with Crippen LogP contribution >= 0.6 is 0 Å². The second-order valence-corrected chi connectivity index (χ2v) is 11.1. The normalized spacial score (nSPS) is 20.4. The third-order valence-electron chi connectivity index (χ3n) is 7.29. The van der Waals surface area contributed by atoms with Crippen LogP contribution in [0.4, 0.5) is 0 Å². The summed E-state index contributed by atoms with van der Waals surface area (Å²) in [4.78, 5) is 28.4. The van der Waals surface area contributed by atoms with Crippen molar-refractivity contribution < 1.29 is 24.2 Å². The number of hydrogen-bond acceptors (Lipinski definition) is 5. The van der Waals surface area contributed by atoms with Gasteiger partial charge in [0, 0.05) is 18.5 Å². The molecule has 2 aliphatic rings. The van der Waals surface area contributed by atoms with E-state index < -0.39 is 17.7 Å². The number of aliphatic hydroxyl groups is 1. The van der Waals surface area contributed by atoms with Crippen molar-refractivity contribution in [2.24, 2.45) is 0 Å². The maximum atomic E-state index is 13.5. The van der Waals surface area contributed by atoms with E-state index in [1.54, 1.807) is 13.2 Å². The minimum atomic E-state index is -0.737. The molecule has 196 valence electrons. The summed E-state index contributed by atoms with van der Waals surface area (Å²) in [7, 11) is 1.59. The average molecular weight is 512 g/mol. The molecule has 0 bridgehead atoms. The van der Waals surface area contributed by atoms with E-state index in [4.69, 9.17) is 9.47 Å². The third kappa shape index (κ3) is 4.67. The lowest BCUT2D eigenvalue weighted by Crippen LogP contribution is -2.29. The highest BCUT2D eigenvalue weighted by Gasteiger charge is 2.46. The van der Waals surface area contributed by atoms with Crippen molar-refractivity contribution in [3.05, 3.63) is 100 Å². The van der Waals surface area contributed by atoms with Crippen molar-refractivity contribution in [3.63, 3.8) is 0 Å². The summed E-state index contributed by atoms with van der Waals surface area (Å²) < 4.78 is 11.2. The minimum absolute atomic E-state index is 0.0510. The highest BCUT2D eigenvalue weighted by Crippen LogP contribution is 2.42. The highest BCUT2D eigenvalue weighted by molar-refractivity contribution is 6.46. The van der Waals surface area contributed by atoms with E-state index in [0.29, 0.717) is 11.3 Å². The summed E-state index contributed by atoms with van der Waals surface area (Å²) in [6.45, 7) is 8.59. The molecular formula is C32H33NO5. The summed E-state index contributed by atoms with van der Waals surface area (Å²) in [5.74, 6) is -0.0665. The number of nitrogens with zero attached hydrogens (tertiary/aromatic N) is 1. The number of ketones is 1. The molecule has 3 aromatic carbocycles. The molecule has 2 heterocycles. The van der Waals surface area contributed by atoms with Gasteiger partial charge in [0.15, 0.2) is 0 Å². The van der Waals surface area contributed by atoms with Crippen LogP contribution in [0, 0.1) is 0 Å². The van der Waals surface area contributed by atoms with Crippen molar-refractivity contribution in [2.45, 2.75) is 58.2 Å². The van der Waals surface area contributed by atoms with Gasteiger partial charge in [0.05, 0.1) is 18.7 Å². The smallest absolute Gasteiger partial charge is 0.295 e. The number of carbonyl (C=O) groups is 2. The maximum absolute atomic E-state index is 13.5. The number of hydrogen-bond donors (Lipinski definition) is 1. The van der Waals surface area contributed by atoms with Crippen molar-refractivity contribution in [1.82, 2.24) is 4.90 Å². The number of aliphatic hydroxyl groups excluding tert-OH is 1. The molecule has 1 N–H and O–H groups in total. The van der Waals surface area contributed by atoms with Gasteiger partial charge < -0.3 is 19.5 Å². The highest BCUT2D eigenvalue weighted by atomic mass is 16.5. The molecule has 0 aromatic heterocycles. The van der Waals surface area contributed by atoms with Crippen LogP contribution in [-0.4, -0.2) is 34.9 Å². The van der Waals surface area contributed by atoms with Crippen molar-refractivity contribution in [2.75, 3.05) is 7.11 Å². The van der Waals surface area contributed by atoms with E-state index in [2.05, 4.69) is 20.8 Å². The minimum Gasteiger partial charge on any atom is -0.507 e. The van der Waals surface area contributed by atoms with Gasteiger partial charge in [-0.2, -0.15) is 0 Å². The maximum Gasteiger partial charge on any atom is 0.295 e. The number of likely N-dealkylation sites (tertiary alicyclic amines) is 1. The largest absolute Gasteiger partial charge is 0.507 e. The molecule has 1 saturated heterocycles. The van der Waals surface area contributed by atoms with E-state index in [9.17, 15) is 14.7 Å². The first-order valence-corrected chi connectivity index (χ1v) is 12.9.